The monoisotopic (exact) mass is 296 g/mol. The lowest BCUT2D eigenvalue weighted by Gasteiger charge is -2.36. The van der Waals surface area contributed by atoms with Crippen LogP contribution in [0.5, 0.6) is 0 Å². The van der Waals surface area contributed by atoms with Crippen LogP contribution >= 0.6 is 0 Å². The maximum Gasteiger partial charge on any atom is 0.0820 e. The Labute approximate surface area is 132 Å². The van der Waals surface area contributed by atoms with Gasteiger partial charge in [-0.3, -0.25) is 4.90 Å². The third-order valence-corrected chi connectivity index (χ3v) is 4.33. The van der Waals surface area contributed by atoms with Gasteiger partial charge in [-0.2, -0.15) is 0 Å². The van der Waals surface area contributed by atoms with E-state index in [1.807, 2.05) is 12.1 Å². The van der Waals surface area contributed by atoms with Crippen LogP contribution in [0.4, 0.5) is 0 Å². The molecule has 1 fully saturated rings. The van der Waals surface area contributed by atoms with Crippen molar-refractivity contribution in [3.63, 3.8) is 0 Å². The fourth-order valence-electron chi connectivity index (χ4n) is 3.07. The largest absolute Gasteiger partial charge is 0.390 e. The van der Waals surface area contributed by atoms with Crippen LogP contribution in [-0.2, 0) is 13.1 Å². The Morgan fingerprint density at radius 3 is 2.23 bits per heavy atom. The van der Waals surface area contributed by atoms with Crippen molar-refractivity contribution in [2.24, 2.45) is 0 Å². The molecule has 0 aromatic heterocycles. The van der Waals surface area contributed by atoms with Gasteiger partial charge >= 0.3 is 0 Å². The molecule has 1 aliphatic heterocycles. The van der Waals surface area contributed by atoms with E-state index in [1.54, 1.807) is 0 Å². The van der Waals surface area contributed by atoms with Crippen LogP contribution in [0.3, 0.4) is 0 Å². The van der Waals surface area contributed by atoms with E-state index in [0.717, 1.165) is 32.6 Å². The second-order valence-electron chi connectivity index (χ2n) is 6.05. The molecule has 0 unspecified atom stereocenters. The van der Waals surface area contributed by atoms with Gasteiger partial charge in [-0.05, 0) is 17.5 Å². The SMILES string of the molecule is O[C@@H]1CN(Cc2ccccc2)CC[C@H]1NCc1ccccc1. The molecule has 2 N–H and O–H groups in total. The number of aliphatic hydroxyl groups excluding tert-OH is 1. The summed E-state index contributed by atoms with van der Waals surface area (Å²) in [6.45, 7) is 3.50. The Hall–Kier alpha value is -1.68. The summed E-state index contributed by atoms with van der Waals surface area (Å²) in [5, 5.41) is 13.9. The van der Waals surface area contributed by atoms with Crippen molar-refractivity contribution in [1.29, 1.82) is 0 Å². The molecular formula is C19H24N2O. The highest BCUT2D eigenvalue weighted by molar-refractivity contribution is 5.15. The van der Waals surface area contributed by atoms with Gasteiger partial charge in [0.15, 0.2) is 0 Å². The van der Waals surface area contributed by atoms with Gasteiger partial charge in [0.1, 0.15) is 0 Å². The van der Waals surface area contributed by atoms with E-state index in [9.17, 15) is 5.11 Å². The first-order valence-corrected chi connectivity index (χ1v) is 8.03. The van der Waals surface area contributed by atoms with Crippen LogP contribution in [0.25, 0.3) is 0 Å². The molecule has 3 nitrogen and oxygen atoms in total. The number of likely N-dealkylation sites (tertiary alicyclic amines) is 1. The van der Waals surface area contributed by atoms with Crippen molar-refractivity contribution in [2.75, 3.05) is 13.1 Å². The van der Waals surface area contributed by atoms with Crippen molar-refractivity contribution >= 4 is 0 Å². The minimum atomic E-state index is -0.304. The molecule has 116 valence electrons. The first-order valence-electron chi connectivity index (χ1n) is 8.03. The molecule has 2 aromatic carbocycles. The zero-order valence-electron chi connectivity index (χ0n) is 12.9. The first kappa shape index (κ1) is 15.2. The van der Waals surface area contributed by atoms with Gasteiger partial charge in [-0.1, -0.05) is 60.7 Å². The Kier molecular flexibility index (Phi) is 5.22. The minimum Gasteiger partial charge on any atom is -0.390 e. The lowest BCUT2D eigenvalue weighted by Crippen LogP contribution is -2.52. The van der Waals surface area contributed by atoms with Gasteiger partial charge in [-0.15, -0.1) is 0 Å². The Balaban J connectivity index is 1.48. The quantitative estimate of drug-likeness (QED) is 0.889. The molecule has 0 aliphatic carbocycles. The summed E-state index contributed by atoms with van der Waals surface area (Å²) in [5.41, 5.74) is 2.58. The molecular weight excluding hydrogens is 272 g/mol. The van der Waals surface area contributed by atoms with E-state index in [-0.39, 0.29) is 12.1 Å². The molecule has 0 radical (unpaired) electrons. The van der Waals surface area contributed by atoms with Crippen LogP contribution in [0.15, 0.2) is 60.7 Å². The van der Waals surface area contributed by atoms with Crippen molar-refractivity contribution in [1.82, 2.24) is 10.2 Å². The van der Waals surface area contributed by atoms with E-state index in [0.29, 0.717) is 0 Å². The number of hydrogen-bond donors (Lipinski definition) is 2. The third kappa shape index (κ3) is 4.17. The topological polar surface area (TPSA) is 35.5 Å². The highest BCUT2D eigenvalue weighted by Gasteiger charge is 2.27. The molecule has 22 heavy (non-hydrogen) atoms. The standard InChI is InChI=1S/C19H24N2O/c22-19-15-21(14-17-9-5-2-6-10-17)12-11-18(19)20-13-16-7-3-1-4-8-16/h1-10,18-20,22H,11-15H2/t18-,19-/m1/s1. The summed E-state index contributed by atoms with van der Waals surface area (Å²) < 4.78 is 0. The number of benzene rings is 2. The molecule has 2 aromatic rings. The molecule has 0 spiro atoms. The van der Waals surface area contributed by atoms with Gasteiger partial charge in [0.2, 0.25) is 0 Å². The lowest BCUT2D eigenvalue weighted by molar-refractivity contribution is 0.0365. The molecule has 1 heterocycles. The fraction of sp³-hybridized carbons (Fsp3) is 0.368. The number of β-amino-alcohol motifs (C(OH)–C–C–N with tert-alkyl or cyclic N) is 1. The summed E-state index contributed by atoms with van der Waals surface area (Å²) in [6.07, 6.45) is 0.682. The predicted octanol–water partition coefficient (Wildman–Crippen LogP) is 2.41. The van der Waals surface area contributed by atoms with Crippen LogP contribution < -0.4 is 5.32 Å². The number of rotatable bonds is 5. The highest BCUT2D eigenvalue weighted by atomic mass is 16.3. The summed E-state index contributed by atoms with van der Waals surface area (Å²) in [6, 6.07) is 21.0. The van der Waals surface area contributed by atoms with E-state index < -0.39 is 0 Å². The van der Waals surface area contributed by atoms with Crippen molar-refractivity contribution in [2.45, 2.75) is 31.7 Å². The Morgan fingerprint density at radius 2 is 1.59 bits per heavy atom. The van der Waals surface area contributed by atoms with Gasteiger partial charge in [0.25, 0.3) is 0 Å². The zero-order chi connectivity index (χ0) is 15.2. The van der Waals surface area contributed by atoms with Crippen LogP contribution in [0, 0.1) is 0 Å². The second-order valence-corrected chi connectivity index (χ2v) is 6.05. The molecule has 3 rings (SSSR count). The Bertz CT molecular complexity index is 558. The smallest absolute Gasteiger partial charge is 0.0820 e. The molecule has 1 saturated heterocycles. The summed E-state index contributed by atoms with van der Waals surface area (Å²) in [5.74, 6) is 0. The van der Waals surface area contributed by atoms with Crippen molar-refractivity contribution in [3.05, 3.63) is 71.8 Å². The van der Waals surface area contributed by atoms with Gasteiger partial charge < -0.3 is 10.4 Å². The van der Waals surface area contributed by atoms with Crippen LogP contribution in [0.1, 0.15) is 17.5 Å². The summed E-state index contributed by atoms with van der Waals surface area (Å²) >= 11 is 0. The number of nitrogens with zero attached hydrogens (tertiary/aromatic N) is 1. The zero-order valence-corrected chi connectivity index (χ0v) is 12.9. The minimum absolute atomic E-state index is 0.187. The average molecular weight is 296 g/mol. The number of nitrogens with one attached hydrogen (secondary N) is 1. The van der Waals surface area contributed by atoms with Crippen LogP contribution in [0.2, 0.25) is 0 Å². The summed E-state index contributed by atoms with van der Waals surface area (Å²) in [7, 11) is 0. The summed E-state index contributed by atoms with van der Waals surface area (Å²) in [4.78, 5) is 2.33. The van der Waals surface area contributed by atoms with E-state index in [4.69, 9.17) is 0 Å². The normalized spacial score (nSPS) is 22.6. The van der Waals surface area contributed by atoms with E-state index in [1.165, 1.54) is 11.1 Å². The lowest BCUT2D eigenvalue weighted by atomic mass is 10.0. The average Bonchev–Trinajstić information content (AvgIpc) is 2.56. The number of aliphatic hydroxyl groups is 1. The maximum atomic E-state index is 10.4. The van der Waals surface area contributed by atoms with Gasteiger partial charge in [0, 0.05) is 32.2 Å². The molecule has 2 atom stereocenters. The number of hydrogen-bond acceptors (Lipinski definition) is 3. The fourth-order valence-corrected chi connectivity index (χ4v) is 3.07. The third-order valence-electron chi connectivity index (χ3n) is 4.33. The van der Waals surface area contributed by atoms with Crippen molar-refractivity contribution in [3.8, 4) is 0 Å². The number of piperidine rings is 1. The maximum absolute atomic E-state index is 10.4. The molecule has 3 heteroatoms. The molecule has 1 aliphatic rings. The van der Waals surface area contributed by atoms with Gasteiger partial charge in [-0.25, -0.2) is 0 Å². The highest BCUT2D eigenvalue weighted by Crippen LogP contribution is 2.15. The molecule has 0 bridgehead atoms. The van der Waals surface area contributed by atoms with Gasteiger partial charge in [0.05, 0.1) is 6.10 Å². The molecule has 0 amide bonds. The Morgan fingerprint density at radius 1 is 0.955 bits per heavy atom. The van der Waals surface area contributed by atoms with Crippen LogP contribution in [-0.4, -0.2) is 35.2 Å². The predicted molar refractivity (Wildman–Crippen MR) is 89.4 cm³/mol. The second kappa shape index (κ2) is 7.54. The van der Waals surface area contributed by atoms with E-state index >= 15 is 0 Å². The molecule has 0 saturated carbocycles. The van der Waals surface area contributed by atoms with Crippen molar-refractivity contribution < 1.29 is 5.11 Å². The first-order chi connectivity index (χ1) is 10.8. The van der Waals surface area contributed by atoms with E-state index in [2.05, 4.69) is 58.7 Å².